The summed E-state index contributed by atoms with van der Waals surface area (Å²) in [5.41, 5.74) is 0.807. The molecule has 0 aliphatic rings. The van der Waals surface area contributed by atoms with Crippen LogP contribution >= 0.6 is 0 Å². The Kier molecular flexibility index (Phi) is 2.66. The second kappa shape index (κ2) is 4.12. The van der Waals surface area contributed by atoms with Crippen LogP contribution in [0.2, 0.25) is 0 Å². The summed E-state index contributed by atoms with van der Waals surface area (Å²) in [5.74, 6) is 0.752. The third-order valence-corrected chi connectivity index (χ3v) is 1.97. The molecule has 0 saturated heterocycles. The first-order chi connectivity index (χ1) is 7.28. The molecule has 2 heterocycles. The third kappa shape index (κ3) is 2.34. The van der Waals surface area contributed by atoms with Gasteiger partial charge in [0.1, 0.15) is 12.3 Å². The number of hydrogen-bond donors (Lipinski definition) is 0. The fraction of sp³-hybridized carbons (Fsp3) is 0.444. The minimum absolute atomic E-state index is 0.420. The minimum atomic E-state index is 0.420. The van der Waals surface area contributed by atoms with Gasteiger partial charge in [-0.3, -0.25) is 9.36 Å². The molecule has 0 unspecified atom stereocenters. The third-order valence-electron chi connectivity index (χ3n) is 1.97. The van der Waals surface area contributed by atoms with E-state index in [2.05, 4.69) is 15.4 Å². The van der Waals surface area contributed by atoms with Crippen molar-refractivity contribution in [2.24, 2.45) is 7.05 Å². The molecule has 6 nitrogen and oxygen atoms in total. The van der Waals surface area contributed by atoms with Crippen LogP contribution < -0.4 is 4.74 Å². The van der Waals surface area contributed by atoms with E-state index >= 15 is 0 Å². The number of aryl methyl sites for hydroxylation is 2. The summed E-state index contributed by atoms with van der Waals surface area (Å²) >= 11 is 0. The van der Waals surface area contributed by atoms with E-state index in [4.69, 9.17) is 4.74 Å². The molecule has 0 fully saturated rings. The van der Waals surface area contributed by atoms with Gasteiger partial charge >= 0.3 is 0 Å². The van der Waals surface area contributed by atoms with Gasteiger partial charge in [-0.2, -0.15) is 5.10 Å². The topological polar surface area (TPSA) is 57.8 Å². The Morgan fingerprint density at radius 1 is 1.40 bits per heavy atom. The molecule has 0 saturated carbocycles. The van der Waals surface area contributed by atoms with Crippen molar-refractivity contribution < 1.29 is 4.74 Å². The van der Waals surface area contributed by atoms with Gasteiger partial charge in [0.25, 0.3) is 0 Å². The number of hydrogen-bond acceptors (Lipinski definition) is 4. The highest BCUT2D eigenvalue weighted by Crippen LogP contribution is 2.09. The van der Waals surface area contributed by atoms with E-state index in [1.807, 2.05) is 31.0 Å². The van der Waals surface area contributed by atoms with E-state index < -0.39 is 0 Å². The zero-order valence-corrected chi connectivity index (χ0v) is 8.79. The van der Waals surface area contributed by atoms with Crippen molar-refractivity contribution >= 4 is 0 Å². The SMILES string of the molecule is CCn1cc(OCc2cn(C)nn2)cn1. The molecule has 80 valence electrons. The van der Waals surface area contributed by atoms with Gasteiger partial charge in [0.2, 0.25) is 0 Å². The monoisotopic (exact) mass is 207 g/mol. The highest BCUT2D eigenvalue weighted by Gasteiger charge is 2.01. The molecule has 15 heavy (non-hydrogen) atoms. The second-order valence-corrected chi connectivity index (χ2v) is 3.20. The first-order valence-electron chi connectivity index (χ1n) is 4.78. The van der Waals surface area contributed by atoms with Crippen LogP contribution in [0.3, 0.4) is 0 Å². The van der Waals surface area contributed by atoms with Crippen LogP contribution in [0, 0.1) is 0 Å². The van der Waals surface area contributed by atoms with E-state index in [-0.39, 0.29) is 0 Å². The predicted octanol–water partition coefficient (Wildman–Crippen LogP) is 0.610. The van der Waals surface area contributed by atoms with Gasteiger partial charge < -0.3 is 4.74 Å². The van der Waals surface area contributed by atoms with Crippen LogP contribution in [0.1, 0.15) is 12.6 Å². The van der Waals surface area contributed by atoms with Crippen molar-refractivity contribution in [3.05, 3.63) is 24.3 Å². The largest absolute Gasteiger partial charge is 0.484 e. The Labute approximate surface area is 87.5 Å². The number of aromatic nitrogens is 5. The lowest BCUT2D eigenvalue weighted by atomic mass is 10.5. The van der Waals surface area contributed by atoms with Crippen molar-refractivity contribution in [1.29, 1.82) is 0 Å². The van der Waals surface area contributed by atoms with Gasteiger partial charge in [0.15, 0.2) is 5.75 Å². The average Bonchev–Trinajstić information content (AvgIpc) is 2.83. The standard InChI is InChI=1S/C9H13N5O/c1-3-14-6-9(4-10-14)15-7-8-5-13(2)12-11-8/h4-6H,3,7H2,1-2H3. The Morgan fingerprint density at radius 3 is 2.87 bits per heavy atom. The van der Waals surface area contributed by atoms with E-state index in [0.29, 0.717) is 6.61 Å². The summed E-state index contributed by atoms with van der Waals surface area (Å²) in [4.78, 5) is 0. The molecule has 0 spiro atoms. The molecule has 0 aromatic carbocycles. The van der Waals surface area contributed by atoms with E-state index in [1.54, 1.807) is 10.9 Å². The maximum atomic E-state index is 5.49. The van der Waals surface area contributed by atoms with Gasteiger partial charge in [-0.15, -0.1) is 5.10 Å². The highest BCUT2D eigenvalue weighted by molar-refractivity contribution is 5.12. The average molecular weight is 207 g/mol. The highest BCUT2D eigenvalue weighted by atomic mass is 16.5. The van der Waals surface area contributed by atoms with Crippen LogP contribution in [-0.2, 0) is 20.2 Å². The molecule has 0 atom stereocenters. The zero-order chi connectivity index (χ0) is 10.7. The van der Waals surface area contributed by atoms with Crippen molar-refractivity contribution in [3.63, 3.8) is 0 Å². The quantitative estimate of drug-likeness (QED) is 0.737. The van der Waals surface area contributed by atoms with Crippen LogP contribution in [-0.4, -0.2) is 24.8 Å². The second-order valence-electron chi connectivity index (χ2n) is 3.20. The first kappa shape index (κ1) is 9.70. The molecular formula is C9H13N5O. The van der Waals surface area contributed by atoms with Gasteiger partial charge in [-0.25, -0.2) is 0 Å². The Balaban J connectivity index is 1.93. The molecule has 2 rings (SSSR count). The maximum Gasteiger partial charge on any atom is 0.157 e. The lowest BCUT2D eigenvalue weighted by molar-refractivity contribution is 0.300. The number of ether oxygens (including phenoxy) is 1. The molecule has 0 aliphatic carbocycles. The summed E-state index contributed by atoms with van der Waals surface area (Å²) in [6.45, 7) is 3.29. The molecule has 6 heteroatoms. The summed E-state index contributed by atoms with van der Waals surface area (Å²) in [7, 11) is 1.83. The Morgan fingerprint density at radius 2 is 2.27 bits per heavy atom. The predicted molar refractivity (Wildman–Crippen MR) is 53.2 cm³/mol. The van der Waals surface area contributed by atoms with Crippen molar-refractivity contribution in [3.8, 4) is 5.75 Å². The van der Waals surface area contributed by atoms with Crippen molar-refractivity contribution in [1.82, 2.24) is 24.8 Å². The van der Waals surface area contributed by atoms with Crippen LogP contribution in [0.15, 0.2) is 18.6 Å². The fourth-order valence-corrected chi connectivity index (χ4v) is 1.21. The van der Waals surface area contributed by atoms with E-state index in [9.17, 15) is 0 Å². The molecule has 0 aliphatic heterocycles. The summed E-state index contributed by atoms with van der Waals surface area (Å²) in [5, 5.41) is 11.8. The minimum Gasteiger partial charge on any atom is -0.484 e. The smallest absolute Gasteiger partial charge is 0.157 e. The summed E-state index contributed by atoms with van der Waals surface area (Å²) in [6.07, 6.45) is 5.38. The first-order valence-corrected chi connectivity index (χ1v) is 4.78. The zero-order valence-electron chi connectivity index (χ0n) is 8.79. The van der Waals surface area contributed by atoms with E-state index in [0.717, 1.165) is 18.0 Å². The molecule has 0 radical (unpaired) electrons. The molecule has 0 bridgehead atoms. The fourth-order valence-electron chi connectivity index (χ4n) is 1.21. The van der Waals surface area contributed by atoms with Crippen molar-refractivity contribution in [2.75, 3.05) is 0 Å². The summed E-state index contributed by atoms with van der Waals surface area (Å²) < 4.78 is 8.95. The molecular weight excluding hydrogens is 194 g/mol. The van der Waals surface area contributed by atoms with Gasteiger partial charge in [-0.1, -0.05) is 5.21 Å². The van der Waals surface area contributed by atoms with Gasteiger partial charge in [0.05, 0.1) is 18.6 Å². The van der Waals surface area contributed by atoms with Crippen LogP contribution in [0.4, 0.5) is 0 Å². The van der Waals surface area contributed by atoms with E-state index in [1.165, 1.54) is 0 Å². The van der Waals surface area contributed by atoms with Crippen LogP contribution in [0.25, 0.3) is 0 Å². The van der Waals surface area contributed by atoms with Gasteiger partial charge in [-0.05, 0) is 6.92 Å². The molecule has 2 aromatic heterocycles. The normalized spacial score (nSPS) is 10.5. The maximum absolute atomic E-state index is 5.49. The lowest BCUT2D eigenvalue weighted by Crippen LogP contribution is -1.95. The van der Waals surface area contributed by atoms with Gasteiger partial charge in [0, 0.05) is 13.6 Å². The Hall–Kier alpha value is -1.85. The molecule has 2 aromatic rings. The number of rotatable bonds is 4. The lowest BCUT2D eigenvalue weighted by Gasteiger charge is -1.98. The molecule has 0 N–H and O–H groups in total. The Bertz CT molecular complexity index is 433. The molecule has 0 amide bonds. The van der Waals surface area contributed by atoms with Crippen molar-refractivity contribution in [2.45, 2.75) is 20.1 Å². The van der Waals surface area contributed by atoms with Crippen LogP contribution in [0.5, 0.6) is 5.75 Å². The number of nitrogens with zero attached hydrogens (tertiary/aromatic N) is 5. The summed E-state index contributed by atoms with van der Waals surface area (Å²) in [6, 6.07) is 0.